The summed E-state index contributed by atoms with van der Waals surface area (Å²) in [5.41, 5.74) is 0. The molecular formula is C13H21N3O3. The molecule has 0 spiro atoms. The number of carboxylic acids is 1. The molecule has 0 aliphatic carbocycles. The number of likely N-dealkylation sites (tertiary alicyclic amines) is 1. The number of hydrogen-bond donors (Lipinski definition) is 2. The molecule has 0 radical (unpaired) electrons. The van der Waals surface area contributed by atoms with Gasteiger partial charge in [-0.05, 0) is 32.2 Å². The van der Waals surface area contributed by atoms with E-state index in [1.165, 1.54) is 19.4 Å². The van der Waals surface area contributed by atoms with Gasteiger partial charge in [0.25, 0.3) is 0 Å². The molecule has 2 amide bonds. The predicted molar refractivity (Wildman–Crippen MR) is 68.8 cm³/mol. The summed E-state index contributed by atoms with van der Waals surface area (Å²) < 4.78 is 0. The highest BCUT2D eigenvalue weighted by atomic mass is 16.4. The van der Waals surface area contributed by atoms with Crippen molar-refractivity contribution >= 4 is 12.0 Å². The molecule has 3 aliphatic heterocycles. The average molecular weight is 267 g/mol. The quantitative estimate of drug-likeness (QED) is 0.756. The lowest BCUT2D eigenvalue weighted by atomic mass is 9.97. The Kier molecular flexibility index (Phi) is 3.35. The minimum Gasteiger partial charge on any atom is -0.481 e. The van der Waals surface area contributed by atoms with Crippen LogP contribution in [0.15, 0.2) is 0 Å². The highest BCUT2D eigenvalue weighted by Crippen LogP contribution is 2.27. The summed E-state index contributed by atoms with van der Waals surface area (Å²) in [5.74, 6) is -1.18. The van der Waals surface area contributed by atoms with Gasteiger partial charge >= 0.3 is 12.0 Å². The number of carbonyl (C=O) groups is 2. The third-order valence-electron chi connectivity index (χ3n) is 4.67. The largest absolute Gasteiger partial charge is 0.481 e. The number of aliphatic carboxylic acids is 1. The maximum Gasteiger partial charge on any atom is 0.317 e. The third kappa shape index (κ3) is 2.54. The van der Waals surface area contributed by atoms with E-state index in [0.29, 0.717) is 19.1 Å². The van der Waals surface area contributed by atoms with Crippen LogP contribution >= 0.6 is 0 Å². The molecule has 3 heterocycles. The van der Waals surface area contributed by atoms with Gasteiger partial charge < -0.3 is 20.2 Å². The van der Waals surface area contributed by atoms with Gasteiger partial charge in [0.05, 0.1) is 5.92 Å². The average Bonchev–Trinajstić information content (AvgIpc) is 2.73. The number of carboxylic acid groups (broad SMARTS) is 1. The molecule has 3 rings (SSSR count). The Morgan fingerprint density at radius 1 is 1.16 bits per heavy atom. The number of fused-ring (bicyclic) bond motifs is 1. The van der Waals surface area contributed by atoms with Crippen LogP contribution in [0.3, 0.4) is 0 Å². The van der Waals surface area contributed by atoms with Gasteiger partial charge in [0.2, 0.25) is 0 Å². The van der Waals surface area contributed by atoms with Crippen LogP contribution in [0.5, 0.6) is 0 Å². The maximum absolute atomic E-state index is 12.0. The van der Waals surface area contributed by atoms with Crippen LogP contribution in [-0.4, -0.2) is 65.2 Å². The van der Waals surface area contributed by atoms with E-state index in [2.05, 4.69) is 10.2 Å². The summed E-state index contributed by atoms with van der Waals surface area (Å²) in [6.07, 6.45) is 4.58. The summed E-state index contributed by atoms with van der Waals surface area (Å²) in [4.78, 5) is 26.8. The van der Waals surface area contributed by atoms with Crippen LogP contribution < -0.4 is 5.32 Å². The van der Waals surface area contributed by atoms with Gasteiger partial charge in [0.15, 0.2) is 0 Å². The van der Waals surface area contributed by atoms with E-state index >= 15 is 0 Å². The molecule has 0 saturated carbocycles. The Labute approximate surface area is 112 Å². The van der Waals surface area contributed by atoms with E-state index in [1.807, 2.05) is 0 Å². The van der Waals surface area contributed by atoms with E-state index in [-0.39, 0.29) is 18.0 Å². The highest BCUT2D eigenvalue weighted by Gasteiger charge is 2.37. The smallest absolute Gasteiger partial charge is 0.317 e. The van der Waals surface area contributed by atoms with Crippen LogP contribution in [0.2, 0.25) is 0 Å². The van der Waals surface area contributed by atoms with E-state index in [4.69, 9.17) is 5.11 Å². The zero-order chi connectivity index (χ0) is 13.4. The summed E-state index contributed by atoms with van der Waals surface area (Å²) in [6, 6.07) is 0.812. The van der Waals surface area contributed by atoms with Crippen LogP contribution in [-0.2, 0) is 4.79 Å². The van der Waals surface area contributed by atoms with Gasteiger partial charge in [-0.25, -0.2) is 4.79 Å². The Hall–Kier alpha value is -1.30. The fourth-order valence-corrected chi connectivity index (χ4v) is 3.42. The van der Waals surface area contributed by atoms with E-state index in [0.717, 1.165) is 19.4 Å². The first kappa shape index (κ1) is 12.7. The van der Waals surface area contributed by atoms with Crippen molar-refractivity contribution in [3.8, 4) is 0 Å². The molecule has 2 atom stereocenters. The Morgan fingerprint density at radius 3 is 2.68 bits per heavy atom. The van der Waals surface area contributed by atoms with Crippen molar-refractivity contribution in [3.63, 3.8) is 0 Å². The van der Waals surface area contributed by atoms with Crippen LogP contribution in [0.4, 0.5) is 4.79 Å². The van der Waals surface area contributed by atoms with E-state index < -0.39 is 5.97 Å². The van der Waals surface area contributed by atoms with E-state index in [9.17, 15) is 9.59 Å². The minimum atomic E-state index is -0.802. The monoisotopic (exact) mass is 267 g/mol. The van der Waals surface area contributed by atoms with Gasteiger partial charge in [-0.3, -0.25) is 4.79 Å². The molecule has 0 bridgehead atoms. The van der Waals surface area contributed by atoms with E-state index in [1.54, 1.807) is 4.90 Å². The Balaban J connectivity index is 1.44. The Morgan fingerprint density at radius 2 is 1.95 bits per heavy atom. The van der Waals surface area contributed by atoms with Crippen LogP contribution in [0, 0.1) is 5.92 Å². The van der Waals surface area contributed by atoms with Gasteiger partial charge in [0.1, 0.15) is 0 Å². The first-order valence-corrected chi connectivity index (χ1v) is 7.16. The summed E-state index contributed by atoms with van der Waals surface area (Å²) in [7, 11) is 0. The van der Waals surface area contributed by atoms with Gasteiger partial charge in [-0.2, -0.15) is 0 Å². The number of piperidine rings is 1. The number of nitrogens with one attached hydrogen (secondary N) is 1. The molecule has 6 nitrogen and oxygen atoms in total. The van der Waals surface area contributed by atoms with Crippen molar-refractivity contribution in [1.82, 2.24) is 15.1 Å². The number of carbonyl (C=O) groups excluding carboxylic acids is 1. The summed E-state index contributed by atoms with van der Waals surface area (Å²) in [5, 5.41) is 11.9. The van der Waals surface area contributed by atoms with Gasteiger partial charge in [-0.15, -0.1) is 0 Å². The number of hydrogen-bond acceptors (Lipinski definition) is 3. The van der Waals surface area contributed by atoms with Crippen molar-refractivity contribution in [3.05, 3.63) is 0 Å². The topological polar surface area (TPSA) is 72.9 Å². The van der Waals surface area contributed by atoms with Crippen molar-refractivity contribution < 1.29 is 14.7 Å². The number of rotatable bonds is 2. The lowest BCUT2D eigenvalue weighted by Crippen LogP contribution is -2.58. The number of nitrogens with zero attached hydrogens (tertiary/aromatic N) is 2. The molecule has 0 aromatic heterocycles. The fourth-order valence-electron chi connectivity index (χ4n) is 3.42. The second kappa shape index (κ2) is 5.00. The molecule has 19 heavy (non-hydrogen) atoms. The van der Waals surface area contributed by atoms with Crippen molar-refractivity contribution in [1.29, 1.82) is 0 Å². The molecule has 3 saturated heterocycles. The molecule has 106 valence electrons. The fraction of sp³-hybridized carbons (Fsp3) is 0.846. The second-order valence-electron chi connectivity index (χ2n) is 5.94. The van der Waals surface area contributed by atoms with Crippen molar-refractivity contribution in [2.45, 2.75) is 37.8 Å². The minimum absolute atomic E-state index is 0.0889. The maximum atomic E-state index is 12.0. The molecule has 0 aromatic rings. The Bertz CT molecular complexity index is 381. The number of urea groups is 1. The highest BCUT2D eigenvalue weighted by molar-refractivity contribution is 5.79. The molecule has 0 aromatic carbocycles. The molecule has 6 heteroatoms. The zero-order valence-electron chi connectivity index (χ0n) is 11.0. The lowest BCUT2D eigenvalue weighted by Gasteiger charge is -2.40. The van der Waals surface area contributed by atoms with Gasteiger partial charge in [-0.1, -0.05) is 0 Å². The van der Waals surface area contributed by atoms with Crippen LogP contribution in [0.25, 0.3) is 0 Å². The number of amides is 2. The normalized spacial score (nSPS) is 31.7. The van der Waals surface area contributed by atoms with Crippen molar-refractivity contribution in [2.24, 2.45) is 5.92 Å². The molecule has 3 fully saturated rings. The second-order valence-corrected chi connectivity index (χ2v) is 5.94. The molecule has 2 N–H and O–H groups in total. The van der Waals surface area contributed by atoms with Gasteiger partial charge in [0, 0.05) is 31.7 Å². The summed E-state index contributed by atoms with van der Waals surface area (Å²) in [6.45, 7) is 2.98. The van der Waals surface area contributed by atoms with Crippen molar-refractivity contribution in [2.75, 3.05) is 26.2 Å². The SMILES string of the molecule is O=C(O)C1CN(C(=O)NC2CCN3CCCC3C2)C1. The first-order valence-electron chi connectivity index (χ1n) is 7.16. The molecular weight excluding hydrogens is 246 g/mol. The van der Waals surface area contributed by atoms with Crippen LogP contribution in [0.1, 0.15) is 25.7 Å². The summed E-state index contributed by atoms with van der Waals surface area (Å²) >= 11 is 0. The third-order valence-corrected chi connectivity index (χ3v) is 4.67. The first-order chi connectivity index (χ1) is 9.13. The molecule has 2 unspecified atom stereocenters. The lowest BCUT2D eigenvalue weighted by molar-refractivity contribution is -0.146. The zero-order valence-corrected chi connectivity index (χ0v) is 11.0. The standard InChI is InChI=1S/C13H21N3O3/c17-12(18)9-7-16(8-9)13(19)14-10-3-5-15-4-1-2-11(15)6-10/h9-11H,1-8H2,(H,14,19)(H,17,18). The molecule has 3 aliphatic rings. The predicted octanol–water partition coefficient (Wildman–Crippen LogP) is 0.339.